The van der Waals surface area contributed by atoms with Crippen LogP contribution in [0.4, 0.5) is 13.2 Å². The molecule has 0 N–H and O–H groups in total. The van der Waals surface area contributed by atoms with Gasteiger partial charge >= 0.3 is 5.97 Å². The van der Waals surface area contributed by atoms with E-state index in [-0.39, 0.29) is 6.61 Å². The average Bonchev–Trinajstić information content (AvgIpc) is 2.21. The van der Waals surface area contributed by atoms with Crippen molar-refractivity contribution >= 4 is 17.6 Å². The summed E-state index contributed by atoms with van der Waals surface area (Å²) in [5.41, 5.74) is -1.60. The van der Waals surface area contributed by atoms with Crippen LogP contribution in [-0.2, 0) is 4.74 Å². The highest BCUT2D eigenvalue weighted by atomic mass is 35.5. The number of carbonyl (C=O) groups excluding carboxylic acids is 1. The monoisotopic (exact) mass is 253 g/mol. The molecule has 1 aromatic heterocycles. The van der Waals surface area contributed by atoms with Crippen LogP contribution in [-0.4, -0.2) is 17.6 Å². The molecule has 1 rings (SSSR count). The van der Waals surface area contributed by atoms with Crippen LogP contribution >= 0.6 is 11.6 Å². The van der Waals surface area contributed by atoms with Gasteiger partial charge < -0.3 is 4.74 Å². The van der Waals surface area contributed by atoms with Crippen molar-refractivity contribution in [3.05, 3.63) is 28.3 Å². The number of alkyl halides is 2. The summed E-state index contributed by atoms with van der Waals surface area (Å²) in [5.74, 6) is -2.28. The molecule has 0 aliphatic heterocycles. The molecule has 1 heterocycles. The fourth-order valence-electron chi connectivity index (χ4n) is 0.963. The molecule has 0 aliphatic carbocycles. The van der Waals surface area contributed by atoms with Crippen molar-refractivity contribution in [3.8, 4) is 0 Å². The van der Waals surface area contributed by atoms with Crippen molar-refractivity contribution in [1.82, 2.24) is 4.98 Å². The quantitative estimate of drug-likeness (QED) is 0.778. The molecule has 0 bridgehead atoms. The Morgan fingerprint density at radius 2 is 2.25 bits per heavy atom. The van der Waals surface area contributed by atoms with Crippen LogP contribution in [0.15, 0.2) is 6.07 Å². The molecule has 0 atom stereocenters. The van der Waals surface area contributed by atoms with Gasteiger partial charge in [0.2, 0.25) is 0 Å². The zero-order valence-corrected chi connectivity index (χ0v) is 8.89. The van der Waals surface area contributed by atoms with Crippen LogP contribution in [0, 0.1) is 5.82 Å². The summed E-state index contributed by atoms with van der Waals surface area (Å²) in [5, 5.41) is -0.589. The van der Waals surface area contributed by atoms with E-state index < -0.39 is 34.6 Å². The summed E-state index contributed by atoms with van der Waals surface area (Å²) in [6.45, 7) is 1.48. The lowest BCUT2D eigenvalue weighted by atomic mass is 10.3. The van der Waals surface area contributed by atoms with Gasteiger partial charge in [0, 0.05) is 0 Å². The molecule has 0 aliphatic rings. The maximum Gasteiger partial charge on any atom is 0.360 e. The predicted octanol–water partition coefficient (Wildman–Crippen LogP) is 2.99. The van der Waals surface area contributed by atoms with Gasteiger partial charge in [0.1, 0.15) is 5.69 Å². The Hall–Kier alpha value is -1.30. The number of aromatic nitrogens is 1. The lowest BCUT2D eigenvalue weighted by Crippen LogP contribution is -2.12. The minimum atomic E-state index is -2.94. The lowest BCUT2D eigenvalue weighted by Gasteiger charge is -2.06. The van der Waals surface area contributed by atoms with E-state index in [0.29, 0.717) is 6.07 Å². The van der Waals surface area contributed by atoms with Gasteiger partial charge in [-0.2, -0.15) is 0 Å². The average molecular weight is 254 g/mol. The van der Waals surface area contributed by atoms with Crippen LogP contribution in [0.2, 0.25) is 5.02 Å². The van der Waals surface area contributed by atoms with Crippen molar-refractivity contribution in [2.75, 3.05) is 6.61 Å². The van der Waals surface area contributed by atoms with Crippen molar-refractivity contribution in [2.45, 2.75) is 13.3 Å². The molecule has 7 heteroatoms. The molecule has 3 nitrogen and oxygen atoms in total. The van der Waals surface area contributed by atoms with Gasteiger partial charge in [-0.15, -0.1) is 0 Å². The van der Waals surface area contributed by atoms with Crippen LogP contribution in [0.3, 0.4) is 0 Å². The molecule has 0 unspecified atom stereocenters. The van der Waals surface area contributed by atoms with Crippen LogP contribution < -0.4 is 0 Å². The van der Waals surface area contributed by atoms with Crippen molar-refractivity contribution in [1.29, 1.82) is 0 Å². The summed E-state index contributed by atoms with van der Waals surface area (Å²) in [7, 11) is 0. The molecular formula is C9H7ClF3NO2. The summed E-state index contributed by atoms with van der Waals surface area (Å²) >= 11 is 5.35. The Morgan fingerprint density at radius 3 is 2.75 bits per heavy atom. The minimum Gasteiger partial charge on any atom is -0.461 e. The normalized spacial score (nSPS) is 10.6. The number of ether oxygens (including phenoxy) is 1. The molecule has 0 saturated carbocycles. The maximum atomic E-state index is 13.3. The minimum absolute atomic E-state index is 0.0174. The van der Waals surface area contributed by atoms with E-state index in [0.717, 1.165) is 0 Å². The Balaban J connectivity index is 3.21. The second-order valence-corrected chi connectivity index (χ2v) is 3.12. The molecule has 16 heavy (non-hydrogen) atoms. The Kier molecular flexibility index (Phi) is 4.12. The summed E-state index contributed by atoms with van der Waals surface area (Å²) in [6.07, 6.45) is -2.94. The van der Waals surface area contributed by atoms with E-state index in [9.17, 15) is 18.0 Å². The van der Waals surface area contributed by atoms with Gasteiger partial charge in [-0.05, 0) is 13.0 Å². The Labute approximate surface area is 94.2 Å². The van der Waals surface area contributed by atoms with Crippen molar-refractivity contribution in [2.24, 2.45) is 0 Å². The smallest absolute Gasteiger partial charge is 0.360 e. The number of carbonyl (C=O) groups is 1. The first-order chi connectivity index (χ1) is 7.47. The highest BCUT2D eigenvalue weighted by molar-refractivity contribution is 6.31. The van der Waals surface area contributed by atoms with E-state index in [1.165, 1.54) is 6.92 Å². The second-order valence-electron chi connectivity index (χ2n) is 2.71. The SMILES string of the molecule is CCOC(=O)c1nc(C(F)F)cc(Cl)c1F. The number of esters is 1. The van der Waals surface area contributed by atoms with Crippen LogP contribution in [0.5, 0.6) is 0 Å². The third kappa shape index (κ3) is 2.63. The first-order valence-corrected chi connectivity index (χ1v) is 4.66. The zero-order valence-electron chi connectivity index (χ0n) is 8.14. The van der Waals surface area contributed by atoms with Crippen LogP contribution in [0.1, 0.15) is 29.5 Å². The fraction of sp³-hybridized carbons (Fsp3) is 0.333. The van der Waals surface area contributed by atoms with E-state index in [1.54, 1.807) is 0 Å². The van der Waals surface area contributed by atoms with E-state index in [2.05, 4.69) is 9.72 Å². The predicted molar refractivity (Wildman–Crippen MR) is 50.1 cm³/mol. The second kappa shape index (κ2) is 5.16. The molecule has 88 valence electrons. The zero-order chi connectivity index (χ0) is 12.3. The van der Waals surface area contributed by atoms with E-state index >= 15 is 0 Å². The molecule has 0 amide bonds. The van der Waals surface area contributed by atoms with Crippen LogP contribution in [0.25, 0.3) is 0 Å². The number of halogens is 4. The molecule has 0 aromatic carbocycles. The molecule has 1 aromatic rings. The largest absolute Gasteiger partial charge is 0.461 e. The van der Waals surface area contributed by atoms with Gasteiger partial charge in [0.05, 0.1) is 11.6 Å². The highest BCUT2D eigenvalue weighted by Crippen LogP contribution is 2.24. The molecule has 0 radical (unpaired) electrons. The molecule has 0 fully saturated rings. The van der Waals surface area contributed by atoms with E-state index in [1.807, 2.05) is 0 Å². The summed E-state index contributed by atoms with van der Waals surface area (Å²) in [6, 6.07) is 0.671. The van der Waals surface area contributed by atoms with Gasteiger partial charge in [0.15, 0.2) is 11.5 Å². The van der Waals surface area contributed by atoms with E-state index in [4.69, 9.17) is 11.6 Å². The third-order valence-electron chi connectivity index (χ3n) is 1.63. The number of nitrogens with zero attached hydrogens (tertiary/aromatic N) is 1. The molecular weight excluding hydrogens is 247 g/mol. The fourth-order valence-corrected chi connectivity index (χ4v) is 1.16. The standard InChI is InChI=1S/C9H7ClF3NO2/c1-2-16-9(15)7-6(11)4(10)3-5(14-7)8(12)13/h3,8H,2H2,1H3. The third-order valence-corrected chi connectivity index (χ3v) is 1.90. The topological polar surface area (TPSA) is 39.2 Å². The first-order valence-electron chi connectivity index (χ1n) is 4.28. The maximum absolute atomic E-state index is 13.3. The number of hydrogen-bond donors (Lipinski definition) is 0. The van der Waals surface area contributed by atoms with Crippen molar-refractivity contribution in [3.63, 3.8) is 0 Å². The first kappa shape index (κ1) is 12.8. The highest BCUT2D eigenvalue weighted by Gasteiger charge is 2.22. The van der Waals surface area contributed by atoms with Gasteiger partial charge in [-0.3, -0.25) is 0 Å². The molecule has 0 saturated heterocycles. The van der Waals surface area contributed by atoms with Gasteiger partial charge in [0.25, 0.3) is 6.43 Å². The summed E-state index contributed by atoms with van der Waals surface area (Å²) in [4.78, 5) is 14.3. The van der Waals surface area contributed by atoms with Crippen molar-refractivity contribution < 1.29 is 22.7 Å². The number of rotatable bonds is 3. The molecule has 0 spiro atoms. The van der Waals surface area contributed by atoms with Gasteiger partial charge in [-0.1, -0.05) is 11.6 Å². The number of pyridine rings is 1. The Bertz CT molecular complexity index is 412. The van der Waals surface area contributed by atoms with Gasteiger partial charge in [-0.25, -0.2) is 22.9 Å². The summed E-state index contributed by atoms with van der Waals surface area (Å²) < 4.78 is 42.4. The Morgan fingerprint density at radius 1 is 1.62 bits per heavy atom. The lowest BCUT2D eigenvalue weighted by molar-refractivity contribution is 0.0512. The number of hydrogen-bond acceptors (Lipinski definition) is 3.